The maximum Gasteiger partial charge on any atom is 0.228 e. The molecule has 2 heterocycles. The number of carbonyl (C=O) groups is 1. The van der Waals surface area contributed by atoms with Gasteiger partial charge in [0.25, 0.3) is 0 Å². The summed E-state index contributed by atoms with van der Waals surface area (Å²) < 4.78 is 5.58. The van der Waals surface area contributed by atoms with Crippen molar-refractivity contribution in [1.29, 1.82) is 0 Å². The van der Waals surface area contributed by atoms with Gasteiger partial charge in [-0.25, -0.2) is 0 Å². The van der Waals surface area contributed by atoms with Gasteiger partial charge in [-0.05, 0) is 13.3 Å². The lowest BCUT2D eigenvalue weighted by Crippen LogP contribution is -2.58. The summed E-state index contributed by atoms with van der Waals surface area (Å²) in [6.45, 7) is 7.30. The van der Waals surface area contributed by atoms with Gasteiger partial charge in [-0.3, -0.25) is 4.79 Å². The number of nitrogens with zero attached hydrogens (tertiary/aromatic N) is 1. The van der Waals surface area contributed by atoms with Gasteiger partial charge in [-0.15, -0.1) is 12.4 Å². The number of ether oxygens (including phenoxy) is 1. The average molecular weight is 249 g/mol. The number of rotatable bonds is 2. The first-order valence-corrected chi connectivity index (χ1v) is 5.85. The molecular weight excluding hydrogens is 228 g/mol. The third kappa shape index (κ3) is 2.67. The minimum atomic E-state index is 0. The Morgan fingerprint density at radius 3 is 2.69 bits per heavy atom. The summed E-state index contributed by atoms with van der Waals surface area (Å²) in [6, 6.07) is 0.286. The number of halogens is 1. The Morgan fingerprint density at radius 2 is 2.19 bits per heavy atom. The van der Waals surface area contributed by atoms with Crippen molar-refractivity contribution in [2.45, 2.75) is 32.4 Å². The topological polar surface area (TPSA) is 41.6 Å². The van der Waals surface area contributed by atoms with E-state index in [0.717, 1.165) is 26.1 Å². The zero-order valence-corrected chi connectivity index (χ0v) is 10.8. The molecule has 2 unspecified atom stereocenters. The number of carbonyl (C=O) groups excluding carboxylic acids is 1. The van der Waals surface area contributed by atoms with E-state index in [0.29, 0.717) is 12.5 Å². The summed E-state index contributed by atoms with van der Waals surface area (Å²) >= 11 is 0. The first-order valence-electron chi connectivity index (χ1n) is 5.85. The van der Waals surface area contributed by atoms with Crippen molar-refractivity contribution in [2.75, 3.05) is 26.2 Å². The second-order valence-corrected chi connectivity index (χ2v) is 4.55. The van der Waals surface area contributed by atoms with Crippen LogP contribution in [0.5, 0.6) is 0 Å². The van der Waals surface area contributed by atoms with Gasteiger partial charge in [-0.2, -0.15) is 0 Å². The van der Waals surface area contributed by atoms with Crippen LogP contribution in [0.2, 0.25) is 0 Å². The third-order valence-corrected chi connectivity index (χ3v) is 3.35. The van der Waals surface area contributed by atoms with E-state index in [-0.39, 0.29) is 30.5 Å². The van der Waals surface area contributed by atoms with E-state index in [1.54, 1.807) is 0 Å². The highest BCUT2D eigenvalue weighted by Crippen LogP contribution is 2.18. The first-order chi connectivity index (χ1) is 7.22. The molecule has 16 heavy (non-hydrogen) atoms. The summed E-state index contributed by atoms with van der Waals surface area (Å²) in [4.78, 5) is 14.2. The molecule has 0 radical (unpaired) electrons. The maximum atomic E-state index is 12.1. The Balaban J connectivity index is 0.00000128. The van der Waals surface area contributed by atoms with Gasteiger partial charge in [0.2, 0.25) is 5.91 Å². The maximum absolute atomic E-state index is 12.1. The highest BCUT2D eigenvalue weighted by Gasteiger charge is 2.35. The minimum absolute atomic E-state index is 0. The van der Waals surface area contributed by atoms with Crippen LogP contribution >= 0.6 is 12.4 Å². The Labute approximate surface area is 103 Å². The Bertz CT molecular complexity index is 246. The van der Waals surface area contributed by atoms with E-state index in [1.807, 2.05) is 11.8 Å². The van der Waals surface area contributed by atoms with Crippen molar-refractivity contribution in [3.8, 4) is 0 Å². The van der Waals surface area contributed by atoms with Crippen LogP contribution in [0.3, 0.4) is 0 Å². The standard InChI is InChI=1S/C11H20N2O2.ClH/c1-3-10-7-15-8(2)6-13(10)11(14)9-4-12-5-9;/h8-10,12H,3-7H2,1-2H3;1H. The first kappa shape index (κ1) is 13.7. The van der Waals surface area contributed by atoms with E-state index < -0.39 is 0 Å². The van der Waals surface area contributed by atoms with Crippen molar-refractivity contribution in [1.82, 2.24) is 10.2 Å². The zero-order chi connectivity index (χ0) is 10.8. The van der Waals surface area contributed by atoms with Crippen LogP contribution in [0.25, 0.3) is 0 Å². The Kier molecular flexibility index (Phi) is 5.02. The quantitative estimate of drug-likeness (QED) is 0.781. The number of amides is 1. The fourth-order valence-electron chi connectivity index (χ4n) is 2.15. The van der Waals surface area contributed by atoms with E-state index in [4.69, 9.17) is 4.74 Å². The third-order valence-electron chi connectivity index (χ3n) is 3.35. The Hall–Kier alpha value is -0.320. The molecule has 94 valence electrons. The van der Waals surface area contributed by atoms with Crippen molar-refractivity contribution in [2.24, 2.45) is 5.92 Å². The van der Waals surface area contributed by atoms with Gasteiger partial charge in [0.15, 0.2) is 0 Å². The van der Waals surface area contributed by atoms with Crippen LogP contribution in [0.4, 0.5) is 0 Å². The highest BCUT2D eigenvalue weighted by molar-refractivity contribution is 5.85. The van der Waals surface area contributed by atoms with Gasteiger partial charge in [0.05, 0.1) is 24.7 Å². The normalized spacial score (nSPS) is 30.5. The molecule has 2 rings (SSSR count). The molecule has 1 N–H and O–H groups in total. The Morgan fingerprint density at radius 1 is 1.50 bits per heavy atom. The molecule has 1 amide bonds. The minimum Gasteiger partial charge on any atom is -0.375 e. The molecule has 5 heteroatoms. The SMILES string of the molecule is CCC1COC(C)CN1C(=O)C1CNC1.Cl. The largest absolute Gasteiger partial charge is 0.375 e. The van der Waals surface area contributed by atoms with E-state index in [1.165, 1.54) is 0 Å². The van der Waals surface area contributed by atoms with Crippen LogP contribution in [0, 0.1) is 5.92 Å². The van der Waals surface area contributed by atoms with E-state index >= 15 is 0 Å². The molecule has 2 atom stereocenters. The van der Waals surface area contributed by atoms with Gasteiger partial charge in [0, 0.05) is 19.6 Å². The summed E-state index contributed by atoms with van der Waals surface area (Å²) in [5.41, 5.74) is 0. The molecule has 0 bridgehead atoms. The van der Waals surface area contributed by atoms with Crippen LogP contribution in [0.15, 0.2) is 0 Å². The average Bonchev–Trinajstić information content (AvgIpc) is 2.15. The lowest BCUT2D eigenvalue weighted by Gasteiger charge is -2.41. The highest BCUT2D eigenvalue weighted by atomic mass is 35.5. The fourth-order valence-corrected chi connectivity index (χ4v) is 2.15. The van der Waals surface area contributed by atoms with Crippen molar-refractivity contribution in [3.05, 3.63) is 0 Å². The summed E-state index contributed by atoms with van der Waals surface area (Å²) in [5.74, 6) is 0.528. The predicted octanol–water partition coefficient (Wildman–Crippen LogP) is 0.653. The van der Waals surface area contributed by atoms with Crippen LogP contribution < -0.4 is 5.32 Å². The van der Waals surface area contributed by atoms with Crippen molar-refractivity contribution < 1.29 is 9.53 Å². The molecule has 4 nitrogen and oxygen atoms in total. The van der Waals surface area contributed by atoms with Gasteiger partial charge >= 0.3 is 0 Å². The van der Waals surface area contributed by atoms with E-state index in [2.05, 4.69) is 12.2 Å². The smallest absolute Gasteiger partial charge is 0.228 e. The summed E-state index contributed by atoms with van der Waals surface area (Å²) in [6.07, 6.45) is 1.17. The summed E-state index contributed by atoms with van der Waals surface area (Å²) in [5, 5.41) is 3.15. The molecule has 0 aliphatic carbocycles. The number of morpholine rings is 1. The second kappa shape index (κ2) is 5.84. The van der Waals surface area contributed by atoms with Crippen LogP contribution in [0.1, 0.15) is 20.3 Å². The number of nitrogens with one attached hydrogen (secondary N) is 1. The van der Waals surface area contributed by atoms with Crippen molar-refractivity contribution in [3.63, 3.8) is 0 Å². The van der Waals surface area contributed by atoms with E-state index in [9.17, 15) is 4.79 Å². The number of hydrogen-bond acceptors (Lipinski definition) is 3. The van der Waals surface area contributed by atoms with Crippen LogP contribution in [-0.2, 0) is 9.53 Å². The second-order valence-electron chi connectivity index (χ2n) is 4.55. The lowest BCUT2D eigenvalue weighted by atomic mass is 9.99. The van der Waals surface area contributed by atoms with Crippen LogP contribution in [-0.4, -0.2) is 49.2 Å². The molecular formula is C11H21ClN2O2. The van der Waals surface area contributed by atoms with Gasteiger partial charge in [0.1, 0.15) is 0 Å². The monoisotopic (exact) mass is 248 g/mol. The molecule has 2 fully saturated rings. The number of hydrogen-bond donors (Lipinski definition) is 1. The molecule has 0 aromatic carbocycles. The lowest BCUT2D eigenvalue weighted by molar-refractivity contribution is -0.150. The molecule has 0 aromatic heterocycles. The molecule has 2 saturated heterocycles. The zero-order valence-electron chi connectivity index (χ0n) is 9.94. The molecule has 0 saturated carbocycles. The fraction of sp³-hybridized carbons (Fsp3) is 0.909. The molecule has 2 aliphatic rings. The van der Waals surface area contributed by atoms with Gasteiger partial charge < -0.3 is 15.0 Å². The predicted molar refractivity (Wildman–Crippen MR) is 64.8 cm³/mol. The van der Waals surface area contributed by atoms with Gasteiger partial charge in [-0.1, -0.05) is 6.92 Å². The van der Waals surface area contributed by atoms with Crippen molar-refractivity contribution >= 4 is 18.3 Å². The molecule has 0 spiro atoms. The summed E-state index contributed by atoms with van der Waals surface area (Å²) in [7, 11) is 0. The molecule has 0 aromatic rings. The molecule has 2 aliphatic heterocycles.